The van der Waals surface area contributed by atoms with Crippen LogP contribution in [0.4, 0.5) is 0 Å². The molecule has 0 bridgehead atoms. The predicted molar refractivity (Wildman–Crippen MR) is 82.6 cm³/mol. The molecular formula is C15H11IN2O. The molecule has 1 aromatic heterocycles. The molecule has 0 unspecified atom stereocenters. The van der Waals surface area contributed by atoms with Gasteiger partial charge < -0.3 is 4.42 Å². The van der Waals surface area contributed by atoms with Gasteiger partial charge in [0.05, 0.1) is 5.56 Å². The zero-order valence-corrected chi connectivity index (χ0v) is 12.5. The Balaban J connectivity index is 2.06. The van der Waals surface area contributed by atoms with Crippen molar-refractivity contribution in [1.82, 2.24) is 10.2 Å². The zero-order chi connectivity index (χ0) is 13.2. The third kappa shape index (κ3) is 2.40. The summed E-state index contributed by atoms with van der Waals surface area (Å²) in [4.78, 5) is 0. The molecule has 0 saturated heterocycles. The maximum Gasteiger partial charge on any atom is 0.249 e. The summed E-state index contributed by atoms with van der Waals surface area (Å²) in [6, 6.07) is 16.0. The molecule has 0 spiro atoms. The van der Waals surface area contributed by atoms with Crippen molar-refractivity contribution >= 4 is 22.6 Å². The van der Waals surface area contributed by atoms with Gasteiger partial charge in [-0.1, -0.05) is 30.3 Å². The molecule has 0 aliphatic carbocycles. The molecule has 0 fully saturated rings. The van der Waals surface area contributed by atoms with Gasteiger partial charge in [-0.2, -0.15) is 0 Å². The molecule has 3 aromatic rings. The average molecular weight is 362 g/mol. The van der Waals surface area contributed by atoms with Crippen molar-refractivity contribution in [2.45, 2.75) is 6.92 Å². The first kappa shape index (κ1) is 12.3. The lowest BCUT2D eigenvalue weighted by atomic mass is 10.1. The molecule has 94 valence electrons. The molecule has 4 heteroatoms. The molecule has 0 radical (unpaired) electrons. The second-order valence-corrected chi connectivity index (χ2v) is 5.37. The zero-order valence-electron chi connectivity index (χ0n) is 10.3. The minimum atomic E-state index is 0.559. The molecule has 19 heavy (non-hydrogen) atoms. The minimum absolute atomic E-state index is 0.559. The van der Waals surface area contributed by atoms with Gasteiger partial charge in [0.1, 0.15) is 0 Å². The third-order valence-corrected chi connectivity index (χ3v) is 3.85. The Hall–Kier alpha value is -1.69. The van der Waals surface area contributed by atoms with Crippen molar-refractivity contribution in [2.75, 3.05) is 0 Å². The van der Waals surface area contributed by atoms with Crippen LogP contribution in [0, 0.1) is 10.5 Å². The van der Waals surface area contributed by atoms with Crippen molar-refractivity contribution < 1.29 is 4.42 Å². The SMILES string of the molecule is Cc1ccccc1-c1nnc(-c2ccccc2I)o1. The second kappa shape index (κ2) is 5.13. The van der Waals surface area contributed by atoms with Crippen LogP contribution in [0.15, 0.2) is 52.9 Å². The first-order valence-electron chi connectivity index (χ1n) is 5.90. The first-order valence-corrected chi connectivity index (χ1v) is 6.98. The molecule has 0 atom stereocenters. The monoisotopic (exact) mass is 362 g/mol. The van der Waals surface area contributed by atoms with E-state index in [2.05, 4.69) is 32.8 Å². The number of hydrogen-bond acceptors (Lipinski definition) is 3. The molecule has 3 rings (SSSR count). The summed E-state index contributed by atoms with van der Waals surface area (Å²) in [5.41, 5.74) is 3.07. The summed E-state index contributed by atoms with van der Waals surface area (Å²) >= 11 is 2.27. The molecular weight excluding hydrogens is 351 g/mol. The summed E-state index contributed by atoms with van der Waals surface area (Å²) in [6.07, 6.45) is 0. The predicted octanol–water partition coefficient (Wildman–Crippen LogP) is 4.32. The van der Waals surface area contributed by atoms with Crippen LogP contribution >= 0.6 is 22.6 Å². The van der Waals surface area contributed by atoms with Gasteiger partial charge in [0.15, 0.2) is 0 Å². The number of rotatable bonds is 2. The highest BCUT2D eigenvalue weighted by Gasteiger charge is 2.13. The molecule has 3 nitrogen and oxygen atoms in total. The topological polar surface area (TPSA) is 38.9 Å². The fraction of sp³-hybridized carbons (Fsp3) is 0.0667. The van der Waals surface area contributed by atoms with E-state index in [0.717, 1.165) is 20.3 Å². The van der Waals surface area contributed by atoms with E-state index in [1.54, 1.807) is 0 Å². The smallest absolute Gasteiger partial charge is 0.249 e. The fourth-order valence-corrected chi connectivity index (χ4v) is 2.51. The molecule has 0 N–H and O–H groups in total. The van der Waals surface area contributed by atoms with Gasteiger partial charge in [-0.3, -0.25) is 0 Å². The van der Waals surface area contributed by atoms with Crippen LogP contribution in [0.5, 0.6) is 0 Å². The summed E-state index contributed by atoms with van der Waals surface area (Å²) in [6.45, 7) is 2.03. The number of halogens is 1. The lowest BCUT2D eigenvalue weighted by molar-refractivity contribution is 0.584. The number of aryl methyl sites for hydroxylation is 1. The summed E-state index contributed by atoms with van der Waals surface area (Å²) in [5.74, 6) is 1.12. The van der Waals surface area contributed by atoms with E-state index in [4.69, 9.17) is 4.42 Å². The largest absolute Gasteiger partial charge is 0.416 e. The lowest BCUT2D eigenvalue weighted by Crippen LogP contribution is -1.81. The van der Waals surface area contributed by atoms with Crippen LogP contribution in [0.1, 0.15) is 5.56 Å². The lowest BCUT2D eigenvalue weighted by Gasteiger charge is -1.99. The van der Waals surface area contributed by atoms with Crippen LogP contribution < -0.4 is 0 Å². The van der Waals surface area contributed by atoms with Gasteiger partial charge in [-0.05, 0) is 53.3 Å². The highest BCUT2D eigenvalue weighted by atomic mass is 127. The van der Waals surface area contributed by atoms with E-state index in [0.29, 0.717) is 11.8 Å². The maximum absolute atomic E-state index is 5.79. The fourth-order valence-electron chi connectivity index (χ4n) is 1.89. The van der Waals surface area contributed by atoms with Crippen LogP contribution in [-0.2, 0) is 0 Å². The van der Waals surface area contributed by atoms with E-state index in [1.165, 1.54) is 0 Å². The Bertz CT molecular complexity index is 661. The van der Waals surface area contributed by atoms with Gasteiger partial charge in [0.2, 0.25) is 11.8 Å². The Labute approximate surface area is 124 Å². The Kier molecular flexibility index (Phi) is 3.33. The van der Waals surface area contributed by atoms with Crippen molar-refractivity contribution in [2.24, 2.45) is 0 Å². The van der Waals surface area contributed by atoms with E-state index >= 15 is 0 Å². The molecule has 1 heterocycles. The second-order valence-electron chi connectivity index (χ2n) is 4.21. The van der Waals surface area contributed by atoms with E-state index in [-0.39, 0.29) is 0 Å². The summed E-state index contributed by atoms with van der Waals surface area (Å²) < 4.78 is 6.89. The number of benzene rings is 2. The Morgan fingerprint density at radius 1 is 0.842 bits per heavy atom. The number of hydrogen-bond donors (Lipinski definition) is 0. The number of aromatic nitrogens is 2. The highest BCUT2D eigenvalue weighted by molar-refractivity contribution is 14.1. The average Bonchev–Trinajstić information content (AvgIpc) is 2.89. The molecule has 0 aliphatic heterocycles. The first-order chi connectivity index (χ1) is 9.25. The van der Waals surface area contributed by atoms with Gasteiger partial charge in [-0.15, -0.1) is 10.2 Å². The number of nitrogens with zero attached hydrogens (tertiary/aromatic N) is 2. The summed E-state index contributed by atoms with van der Waals surface area (Å²) in [5, 5.41) is 8.29. The van der Waals surface area contributed by atoms with Crippen molar-refractivity contribution in [1.29, 1.82) is 0 Å². The molecule has 0 amide bonds. The molecule has 2 aromatic carbocycles. The van der Waals surface area contributed by atoms with E-state index in [1.807, 2.05) is 55.5 Å². The molecule has 0 saturated carbocycles. The van der Waals surface area contributed by atoms with Crippen LogP contribution in [0.2, 0.25) is 0 Å². The van der Waals surface area contributed by atoms with Gasteiger partial charge in [-0.25, -0.2) is 0 Å². The minimum Gasteiger partial charge on any atom is -0.416 e. The van der Waals surface area contributed by atoms with Gasteiger partial charge in [0, 0.05) is 9.13 Å². The quantitative estimate of drug-likeness (QED) is 0.638. The van der Waals surface area contributed by atoms with Crippen molar-refractivity contribution in [3.05, 3.63) is 57.7 Å². The van der Waals surface area contributed by atoms with Gasteiger partial charge >= 0.3 is 0 Å². The normalized spacial score (nSPS) is 10.6. The standard InChI is InChI=1S/C15H11IN2O/c1-10-6-2-3-7-11(10)14-17-18-15(19-14)12-8-4-5-9-13(12)16/h2-9H,1H3. The van der Waals surface area contributed by atoms with Crippen LogP contribution in [0.3, 0.4) is 0 Å². The third-order valence-electron chi connectivity index (χ3n) is 2.90. The Morgan fingerprint density at radius 3 is 2.11 bits per heavy atom. The van der Waals surface area contributed by atoms with Crippen LogP contribution in [-0.4, -0.2) is 10.2 Å². The van der Waals surface area contributed by atoms with E-state index < -0.39 is 0 Å². The summed E-state index contributed by atoms with van der Waals surface area (Å²) in [7, 11) is 0. The van der Waals surface area contributed by atoms with Crippen molar-refractivity contribution in [3.63, 3.8) is 0 Å². The van der Waals surface area contributed by atoms with Crippen LogP contribution in [0.25, 0.3) is 22.9 Å². The van der Waals surface area contributed by atoms with Crippen molar-refractivity contribution in [3.8, 4) is 22.9 Å². The highest BCUT2D eigenvalue weighted by Crippen LogP contribution is 2.28. The molecule has 0 aliphatic rings. The maximum atomic E-state index is 5.79. The van der Waals surface area contributed by atoms with E-state index in [9.17, 15) is 0 Å². The Morgan fingerprint density at radius 2 is 1.42 bits per heavy atom. The van der Waals surface area contributed by atoms with Gasteiger partial charge in [0.25, 0.3) is 0 Å².